The number of benzene rings is 2. The van der Waals surface area contributed by atoms with Crippen molar-refractivity contribution >= 4 is 33.1 Å². The highest BCUT2D eigenvalue weighted by atomic mass is 32.1. The lowest BCUT2D eigenvalue weighted by molar-refractivity contribution is 0.0488. The van der Waals surface area contributed by atoms with Crippen LogP contribution in [0.15, 0.2) is 60.7 Å². The molecule has 4 bridgehead atoms. The van der Waals surface area contributed by atoms with Crippen molar-refractivity contribution in [1.82, 2.24) is 44.6 Å². The van der Waals surface area contributed by atoms with Crippen LogP contribution < -0.4 is 11.1 Å². The quantitative estimate of drug-likeness (QED) is 0.135. The van der Waals surface area contributed by atoms with Gasteiger partial charge in [0, 0.05) is 75.4 Å². The number of hydrogen-bond acceptors (Lipinski definition) is 9. The molecule has 2 aromatic heterocycles. The van der Waals surface area contributed by atoms with Gasteiger partial charge in [0.15, 0.2) is 0 Å². The lowest BCUT2D eigenvalue weighted by atomic mass is 9.95. The first-order valence-electron chi connectivity index (χ1n) is 25.9. The van der Waals surface area contributed by atoms with Gasteiger partial charge in [0.05, 0.1) is 6.04 Å². The summed E-state index contributed by atoms with van der Waals surface area (Å²) in [7, 11) is 0. The van der Waals surface area contributed by atoms with E-state index in [9.17, 15) is 4.79 Å². The zero-order chi connectivity index (χ0) is 48.4. The van der Waals surface area contributed by atoms with Gasteiger partial charge in [-0.3, -0.25) is 9.80 Å². The number of amides is 1. The van der Waals surface area contributed by atoms with E-state index in [1.807, 2.05) is 92.3 Å². The SMILES string of the molecule is S.S.[2H]C([2H])([2H])c1nnc(C(C)C)n1C1CC2CCC(C1)N2CC[C@H](N)c1ccccc1.[2H]C([2H])([2H])c1nnc(C(C)C)n1C1CC2CCC(C1)N2CC[C@H](NC(=O)OC(C)(C)C)c1ccccc1. The molecule has 4 aliphatic heterocycles. The zero-order valence-corrected chi connectivity index (χ0v) is 40.5. The van der Waals surface area contributed by atoms with E-state index in [-0.39, 0.29) is 74.6 Å². The number of nitrogens with zero attached hydrogens (tertiary/aromatic N) is 8. The number of nitrogens with two attached hydrogens (primary N) is 1. The summed E-state index contributed by atoms with van der Waals surface area (Å²) in [5, 5.41) is 19.8. The summed E-state index contributed by atoms with van der Waals surface area (Å²) in [5.41, 5.74) is 8.13. The van der Waals surface area contributed by atoms with Crippen LogP contribution in [0.3, 0.4) is 0 Å². The second-order valence-electron chi connectivity index (χ2n) is 19.5. The molecular weight excluding hydrogens is 825 g/mol. The van der Waals surface area contributed by atoms with Crippen molar-refractivity contribution in [3.8, 4) is 0 Å². The molecule has 6 heterocycles. The van der Waals surface area contributed by atoms with E-state index in [0.29, 0.717) is 24.2 Å². The van der Waals surface area contributed by atoms with Crippen LogP contribution in [0.25, 0.3) is 0 Å². The van der Waals surface area contributed by atoms with Crippen LogP contribution in [0.2, 0.25) is 0 Å². The number of hydrogen-bond donors (Lipinski definition) is 2. The molecule has 4 aliphatic rings. The molecule has 0 radical (unpaired) electrons. The van der Waals surface area contributed by atoms with Crippen molar-refractivity contribution < 1.29 is 17.8 Å². The van der Waals surface area contributed by atoms with Gasteiger partial charge in [-0.25, -0.2) is 4.79 Å². The molecular formula is C49H78N10O2S2. The lowest BCUT2D eigenvalue weighted by Gasteiger charge is -2.40. The molecule has 0 saturated carbocycles. The number of carbonyl (C=O) groups excluding carboxylic acids is 1. The van der Waals surface area contributed by atoms with Crippen LogP contribution in [0.1, 0.15) is 191 Å². The van der Waals surface area contributed by atoms with Crippen LogP contribution in [-0.2, 0) is 4.74 Å². The lowest BCUT2D eigenvalue weighted by Crippen LogP contribution is -2.45. The molecule has 12 nitrogen and oxygen atoms in total. The van der Waals surface area contributed by atoms with Gasteiger partial charge in [-0.2, -0.15) is 27.0 Å². The summed E-state index contributed by atoms with van der Waals surface area (Å²) in [6.45, 7) is 11.1. The second kappa shape index (κ2) is 22.2. The first-order chi connectivity index (χ1) is 31.6. The van der Waals surface area contributed by atoms with Gasteiger partial charge in [-0.15, -0.1) is 20.4 Å². The van der Waals surface area contributed by atoms with Crippen molar-refractivity contribution in [3.05, 3.63) is 95.1 Å². The number of rotatable bonds is 13. The third-order valence-electron chi connectivity index (χ3n) is 13.4. The fourth-order valence-corrected chi connectivity index (χ4v) is 10.6. The van der Waals surface area contributed by atoms with Crippen LogP contribution in [0, 0.1) is 13.7 Å². The van der Waals surface area contributed by atoms with E-state index in [1.165, 1.54) is 18.4 Å². The Labute approximate surface area is 400 Å². The van der Waals surface area contributed by atoms with E-state index >= 15 is 0 Å². The number of alkyl carbamates (subject to hydrolysis) is 1. The van der Waals surface area contributed by atoms with Crippen molar-refractivity contribution in [2.45, 2.75) is 192 Å². The van der Waals surface area contributed by atoms with E-state index in [2.05, 4.69) is 61.5 Å². The number of aromatic nitrogens is 6. The van der Waals surface area contributed by atoms with Crippen LogP contribution in [-0.4, -0.2) is 88.3 Å². The molecule has 0 aliphatic carbocycles. The minimum Gasteiger partial charge on any atom is -0.444 e. The highest BCUT2D eigenvalue weighted by Crippen LogP contribution is 2.44. The van der Waals surface area contributed by atoms with Gasteiger partial charge in [0.1, 0.15) is 28.9 Å². The minimum absolute atomic E-state index is 0. The van der Waals surface area contributed by atoms with E-state index in [4.69, 9.17) is 18.7 Å². The Morgan fingerprint density at radius 2 is 1.10 bits per heavy atom. The van der Waals surface area contributed by atoms with E-state index in [1.54, 1.807) is 0 Å². The number of aryl methyl sites for hydroxylation is 2. The number of carbonyl (C=O) groups is 1. The van der Waals surface area contributed by atoms with Crippen molar-refractivity contribution in [2.24, 2.45) is 5.73 Å². The number of fused-ring (bicyclic) bond motifs is 4. The van der Waals surface area contributed by atoms with Gasteiger partial charge >= 0.3 is 6.09 Å². The number of nitrogens with one attached hydrogen (secondary N) is 1. The Kier molecular flexibility index (Phi) is 14.9. The summed E-state index contributed by atoms with van der Waals surface area (Å²) in [6, 6.07) is 22.2. The van der Waals surface area contributed by atoms with Gasteiger partial charge in [0.25, 0.3) is 0 Å². The fourth-order valence-electron chi connectivity index (χ4n) is 10.6. The van der Waals surface area contributed by atoms with Gasteiger partial charge < -0.3 is 24.9 Å². The van der Waals surface area contributed by atoms with Crippen molar-refractivity contribution in [1.29, 1.82) is 0 Å². The molecule has 4 aromatic rings. The van der Waals surface area contributed by atoms with Crippen molar-refractivity contribution in [3.63, 3.8) is 0 Å². The van der Waals surface area contributed by atoms with E-state index in [0.717, 1.165) is 81.7 Å². The van der Waals surface area contributed by atoms with E-state index < -0.39 is 25.4 Å². The van der Waals surface area contributed by atoms with Gasteiger partial charge in [-0.05, 0) is 110 Å². The predicted octanol–water partition coefficient (Wildman–Crippen LogP) is 9.73. The fraction of sp³-hybridized carbons (Fsp3) is 0.653. The first kappa shape index (κ1) is 42.2. The highest BCUT2D eigenvalue weighted by Gasteiger charge is 2.43. The second-order valence-corrected chi connectivity index (χ2v) is 19.5. The molecule has 14 heteroatoms. The molecule has 348 valence electrons. The predicted molar refractivity (Wildman–Crippen MR) is 263 cm³/mol. The standard InChI is InChI=1S/C27H41N5O2.C22H33N5.2H2S/c1-18(2)25-30-29-19(3)32(25)23-16-21-12-13-22(17-23)31(21)15-14-24(20-10-8-7-9-11-20)28-26(33)34-27(4,5)6;1-15(2)22-25-24-16(3)27(22)20-13-18-9-10-19(14-20)26(18)12-11-21(23)17-7-5-4-6-8-17;;/h7-11,18,21-24H,12-17H2,1-6H3,(H,28,33);4-8,15,18-21H,9-14,23H2,1-3H3;2*1H2/t21?,22?,23?,24-;18?,19?,20?,21-;;/m00../s1/i2*3D3;;. The maximum Gasteiger partial charge on any atom is 0.408 e. The molecule has 1 amide bonds. The topological polar surface area (TPSA) is 132 Å². The molecule has 6 atom stereocenters. The molecule has 4 unspecified atom stereocenters. The van der Waals surface area contributed by atoms with Crippen LogP contribution in [0.4, 0.5) is 4.79 Å². The highest BCUT2D eigenvalue weighted by molar-refractivity contribution is 7.59. The average molecular weight is 909 g/mol. The monoisotopic (exact) mass is 909 g/mol. The molecule has 0 spiro atoms. The molecule has 2 aromatic carbocycles. The van der Waals surface area contributed by atoms with Crippen LogP contribution in [0.5, 0.6) is 0 Å². The minimum atomic E-state index is -2.29. The third-order valence-corrected chi connectivity index (χ3v) is 13.4. The molecule has 4 saturated heterocycles. The third kappa shape index (κ3) is 12.3. The smallest absolute Gasteiger partial charge is 0.408 e. The van der Waals surface area contributed by atoms with Crippen LogP contribution >= 0.6 is 27.0 Å². The Hall–Kier alpha value is -3.43. The number of ether oxygens (including phenoxy) is 1. The zero-order valence-electron chi connectivity index (χ0n) is 44.5. The average Bonchev–Trinajstić information content (AvgIpc) is 4.03. The van der Waals surface area contributed by atoms with Gasteiger partial charge in [0.2, 0.25) is 0 Å². The maximum absolute atomic E-state index is 12.6. The summed E-state index contributed by atoms with van der Waals surface area (Å²) >= 11 is 0. The largest absolute Gasteiger partial charge is 0.444 e. The maximum atomic E-state index is 12.6. The summed E-state index contributed by atoms with van der Waals surface area (Å²) in [5.74, 6) is 2.06. The van der Waals surface area contributed by atoms with Crippen molar-refractivity contribution in [2.75, 3.05) is 13.1 Å². The van der Waals surface area contributed by atoms with Gasteiger partial charge in [-0.1, -0.05) is 88.4 Å². The Balaban J connectivity index is 0.000000255. The summed E-state index contributed by atoms with van der Waals surface area (Å²) in [6.07, 6.45) is 9.51. The molecule has 8 rings (SSSR count). The Morgan fingerprint density at radius 1 is 0.683 bits per heavy atom. The Morgan fingerprint density at radius 3 is 1.49 bits per heavy atom. The normalized spacial score (nSPS) is 26.1. The molecule has 4 fully saturated rings. The Bertz CT molecular complexity index is 2210. The number of piperidine rings is 2. The first-order valence-corrected chi connectivity index (χ1v) is 22.9. The molecule has 3 N–H and O–H groups in total. The summed E-state index contributed by atoms with van der Waals surface area (Å²) in [4.78, 5) is 17.8. The molecule has 63 heavy (non-hydrogen) atoms. The summed E-state index contributed by atoms with van der Waals surface area (Å²) < 4.78 is 57.2.